The van der Waals surface area contributed by atoms with Crippen LogP contribution < -0.4 is 10.3 Å². The number of halogens is 1. The van der Waals surface area contributed by atoms with Gasteiger partial charge in [0.15, 0.2) is 0 Å². The van der Waals surface area contributed by atoms with Gasteiger partial charge in [-0.25, -0.2) is 0 Å². The smallest absolute Gasteiger partial charge is 0.207 e. The molecule has 20 heavy (non-hydrogen) atoms. The molecule has 0 aliphatic carbocycles. The molecule has 1 aromatic carbocycles. The van der Waals surface area contributed by atoms with Crippen LogP contribution in [0.3, 0.4) is 0 Å². The molecule has 1 radical (unpaired) electrons. The summed E-state index contributed by atoms with van der Waals surface area (Å²) in [6.07, 6.45) is 5.13. The van der Waals surface area contributed by atoms with Crippen molar-refractivity contribution in [3.63, 3.8) is 0 Å². The van der Waals surface area contributed by atoms with Gasteiger partial charge >= 0.3 is 0 Å². The van der Waals surface area contributed by atoms with E-state index in [1.54, 1.807) is 17.7 Å². The van der Waals surface area contributed by atoms with Gasteiger partial charge in [0.25, 0.3) is 0 Å². The Labute approximate surface area is 156 Å². The van der Waals surface area contributed by atoms with E-state index in [1.807, 2.05) is 46.9 Å². The molecular formula is C15H11INO2Y-. The van der Waals surface area contributed by atoms with Crippen LogP contribution in [0.4, 0.5) is 0 Å². The van der Waals surface area contributed by atoms with Gasteiger partial charge in [0.05, 0.1) is 0 Å². The van der Waals surface area contributed by atoms with Crippen molar-refractivity contribution in [2.75, 3.05) is 6.61 Å². The van der Waals surface area contributed by atoms with Crippen LogP contribution in [0.2, 0.25) is 0 Å². The number of hydrogen-bond donors (Lipinski definition) is 0. The quantitative estimate of drug-likeness (QED) is 0.407. The first-order chi connectivity index (χ1) is 9.13. The molecule has 0 aliphatic heterocycles. The fraction of sp³-hybridized carbons (Fsp3) is 0.133. The molecule has 0 fully saturated rings. The van der Waals surface area contributed by atoms with Gasteiger partial charge in [0.2, 0.25) is 5.56 Å². The Bertz CT molecular complexity index is 687. The van der Waals surface area contributed by atoms with Crippen LogP contribution in [0.1, 0.15) is 0 Å². The molecule has 1 aromatic heterocycles. The fourth-order valence-electron chi connectivity index (χ4n) is 1.66. The summed E-state index contributed by atoms with van der Waals surface area (Å²) in [7, 11) is 1.74. The zero-order chi connectivity index (χ0) is 13.8. The summed E-state index contributed by atoms with van der Waals surface area (Å²) < 4.78 is 7.54. The molecule has 3 nitrogen and oxygen atoms in total. The van der Waals surface area contributed by atoms with E-state index in [2.05, 4.69) is 12.0 Å². The molecule has 99 valence electrons. The van der Waals surface area contributed by atoms with Crippen LogP contribution in [-0.4, -0.2) is 11.2 Å². The van der Waals surface area contributed by atoms with Gasteiger partial charge < -0.3 is 9.30 Å². The number of pyridine rings is 1. The molecule has 0 saturated heterocycles. The maximum Gasteiger partial charge on any atom is 0.207 e. The minimum atomic E-state index is -0.0259. The molecular weight excluding hydrogens is 442 g/mol. The van der Waals surface area contributed by atoms with E-state index in [-0.39, 0.29) is 44.9 Å². The van der Waals surface area contributed by atoms with Crippen LogP contribution >= 0.6 is 22.6 Å². The molecule has 1 heterocycles. The summed E-state index contributed by atoms with van der Waals surface area (Å²) in [6, 6.07) is 12.2. The summed E-state index contributed by atoms with van der Waals surface area (Å²) in [5.74, 6) is 3.12. The number of rotatable bonds is 3. The molecule has 0 unspecified atom stereocenters. The molecule has 0 spiro atoms. The number of hydrogen-bond acceptors (Lipinski definition) is 2. The number of nitrogens with zero attached hydrogens (tertiary/aromatic N) is 1. The Morgan fingerprint density at radius 2 is 2.05 bits per heavy atom. The normalized spacial score (nSPS) is 9.45. The summed E-state index contributed by atoms with van der Waals surface area (Å²) in [4.78, 5) is 11.9. The van der Waals surface area contributed by atoms with Gasteiger partial charge in [-0.3, -0.25) is 4.79 Å². The topological polar surface area (TPSA) is 31.2 Å². The molecule has 5 heteroatoms. The average Bonchev–Trinajstić information content (AvgIpc) is 2.44. The van der Waals surface area contributed by atoms with E-state index in [1.165, 1.54) is 0 Å². The average molecular weight is 453 g/mol. The predicted octanol–water partition coefficient (Wildman–Crippen LogP) is 2.47. The summed E-state index contributed by atoms with van der Waals surface area (Å²) in [5, 5.41) is 0. The Morgan fingerprint density at radius 3 is 2.65 bits per heavy atom. The van der Waals surface area contributed by atoms with E-state index in [0.29, 0.717) is 9.32 Å². The minimum absolute atomic E-state index is 0. The summed E-state index contributed by atoms with van der Waals surface area (Å²) >= 11 is 2.00. The van der Waals surface area contributed by atoms with Crippen molar-refractivity contribution in [1.29, 1.82) is 0 Å². The van der Waals surface area contributed by atoms with E-state index >= 15 is 0 Å². The van der Waals surface area contributed by atoms with Crippen LogP contribution in [-0.2, 0) is 39.8 Å². The van der Waals surface area contributed by atoms with Crippen molar-refractivity contribution in [3.05, 3.63) is 50.3 Å². The molecule has 2 aromatic rings. The second-order valence-corrected chi connectivity index (χ2v) is 5.03. The third-order valence-corrected chi connectivity index (χ3v) is 3.40. The van der Waals surface area contributed by atoms with Gasteiger partial charge in [0, 0.05) is 39.8 Å². The first kappa shape index (κ1) is 17.4. The molecule has 2 rings (SSSR count). The predicted molar refractivity (Wildman–Crippen MR) is 83.0 cm³/mol. The van der Waals surface area contributed by atoms with Gasteiger partial charge in [-0.1, -0.05) is 17.2 Å². The van der Waals surface area contributed by atoms with Crippen molar-refractivity contribution in [1.82, 2.24) is 4.57 Å². The van der Waals surface area contributed by atoms with Crippen molar-refractivity contribution < 1.29 is 37.4 Å². The first-order valence-electron chi connectivity index (χ1n) is 5.57. The zero-order valence-electron chi connectivity index (χ0n) is 10.9. The van der Waals surface area contributed by atoms with E-state index in [4.69, 9.17) is 11.2 Å². The standard InChI is InChI=1S/C15H11INO2.Y/c1-3-10-19-12-6-4-11(5-7-12)14-9-8-13(16)15(18)17(14)2;/h1,4-8H,10H2,2H3;/q-1;. The second kappa shape index (κ2) is 7.97. The Balaban J connectivity index is 0.00000200. The van der Waals surface area contributed by atoms with E-state index in [9.17, 15) is 4.79 Å². The third-order valence-electron chi connectivity index (χ3n) is 2.63. The zero-order valence-corrected chi connectivity index (χ0v) is 15.9. The van der Waals surface area contributed by atoms with Crippen molar-refractivity contribution in [3.8, 4) is 29.4 Å². The van der Waals surface area contributed by atoms with Crippen molar-refractivity contribution >= 4 is 22.6 Å². The van der Waals surface area contributed by atoms with E-state index < -0.39 is 0 Å². The molecule has 0 bridgehead atoms. The monoisotopic (exact) mass is 453 g/mol. The Morgan fingerprint density at radius 1 is 1.40 bits per heavy atom. The molecule has 0 aliphatic rings. The third kappa shape index (κ3) is 3.94. The number of terminal acetylenes is 1. The first-order valence-corrected chi connectivity index (χ1v) is 6.65. The Hall–Kier alpha value is -0.636. The van der Waals surface area contributed by atoms with Gasteiger partial charge in [0.1, 0.15) is 12.4 Å². The maximum atomic E-state index is 11.9. The number of benzene rings is 1. The molecule has 0 amide bonds. The Kier molecular flexibility index (Phi) is 6.94. The van der Waals surface area contributed by atoms with Crippen molar-refractivity contribution in [2.45, 2.75) is 0 Å². The summed E-state index contributed by atoms with van der Waals surface area (Å²) in [5.41, 5.74) is 1.62. The number of ether oxygens (including phenoxy) is 1. The minimum Gasteiger partial charge on any atom is -0.481 e. The van der Waals surface area contributed by atoms with Crippen LogP contribution in [0.25, 0.3) is 11.3 Å². The summed E-state index contributed by atoms with van der Waals surface area (Å²) in [6.45, 7) is 0.244. The second-order valence-electron chi connectivity index (χ2n) is 3.87. The van der Waals surface area contributed by atoms with Crippen molar-refractivity contribution in [2.24, 2.45) is 7.05 Å². The molecule has 0 saturated carbocycles. The molecule has 0 N–H and O–H groups in total. The molecule has 0 atom stereocenters. The number of aromatic nitrogens is 1. The SMILES string of the molecule is C#CCOc1ccc(-c2[c-]cc(I)c(=O)n2C)cc1.[Y]. The van der Waals surface area contributed by atoms with Crippen LogP contribution in [0.15, 0.2) is 35.1 Å². The van der Waals surface area contributed by atoms with Crippen LogP contribution in [0, 0.1) is 22.0 Å². The fourth-order valence-corrected chi connectivity index (χ4v) is 2.18. The van der Waals surface area contributed by atoms with Gasteiger partial charge in [-0.05, 0) is 15.7 Å². The van der Waals surface area contributed by atoms with Gasteiger partial charge in [-0.15, -0.1) is 41.1 Å². The van der Waals surface area contributed by atoms with Crippen LogP contribution in [0.5, 0.6) is 5.75 Å². The largest absolute Gasteiger partial charge is 0.481 e. The maximum absolute atomic E-state index is 11.9. The van der Waals surface area contributed by atoms with E-state index in [0.717, 1.165) is 11.3 Å². The van der Waals surface area contributed by atoms with Gasteiger partial charge in [-0.2, -0.15) is 12.1 Å².